The van der Waals surface area contributed by atoms with Crippen molar-refractivity contribution in [2.45, 2.75) is 27.2 Å². The highest BCUT2D eigenvalue weighted by Crippen LogP contribution is 2.14. The maximum atomic E-state index is 11.8. The highest BCUT2D eigenvalue weighted by atomic mass is 16.5. The maximum Gasteiger partial charge on any atom is 0.397 e. The van der Waals surface area contributed by atoms with Crippen molar-refractivity contribution < 1.29 is 14.3 Å². The van der Waals surface area contributed by atoms with E-state index in [9.17, 15) is 14.4 Å². The second kappa shape index (κ2) is 6.86. The summed E-state index contributed by atoms with van der Waals surface area (Å²) in [6.45, 7) is 5.27. The van der Waals surface area contributed by atoms with Crippen LogP contribution >= 0.6 is 0 Å². The molecule has 9 heteroatoms. The van der Waals surface area contributed by atoms with Gasteiger partial charge in [-0.1, -0.05) is 6.92 Å². The van der Waals surface area contributed by atoms with Crippen molar-refractivity contribution in [1.29, 1.82) is 0 Å². The van der Waals surface area contributed by atoms with E-state index in [1.807, 2.05) is 6.92 Å². The predicted molar refractivity (Wildman–Crippen MR) is 81.4 cm³/mol. The molecule has 0 saturated heterocycles. The third kappa shape index (κ3) is 3.82. The van der Waals surface area contributed by atoms with Crippen molar-refractivity contribution in [3.63, 3.8) is 0 Å². The van der Waals surface area contributed by atoms with Crippen LogP contribution in [0.2, 0.25) is 0 Å². The van der Waals surface area contributed by atoms with E-state index in [0.29, 0.717) is 17.8 Å². The minimum absolute atomic E-state index is 0.0952. The highest BCUT2D eigenvalue weighted by molar-refractivity contribution is 6.37. The molecular weight excluding hydrogens is 302 g/mol. The van der Waals surface area contributed by atoms with Crippen molar-refractivity contribution in [3.8, 4) is 5.95 Å². The molecule has 0 spiro atoms. The number of amides is 1. The molecule has 1 amide bonds. The first-order valence-corrected chi connectivity index (χ1v) is 7.10. The zero-order chi connectivity index (χ0) is 17.0. The molecule has 0 unspecified atom stereocenters. The van der Waals surface area contributed by atoms with E-state index in [0.717, 1.165) is 0 Å². The Morgan fingerprint density at radius 3 is 2.74 bits per heavy atom. The van der Waals surface area contributed by atoms with Gasteiger partial charge in [0.25, 0.3) is 5.56 Å². The molecule has 2 rings (SSSR count). The number of carbonyl (C=O) groups is 2. The lowest BCUT2D eigenvalue weighted by Gasteiger charge is -2.08. The molecule has 0 aliphatic heterocycles. The summed E-state index contributed by atoms with van der Waals surface area (Å²) < 4.78 is 5.89. The average molecular weight is 319 g/mol. The van der Waals surface area contributed by atoms with Crippen LogP contribution in [0.3, 0.4) is 0 Å². The van der Waals surface area contributed by atoms with Crippen LogP contribution in [0, 0.1) is 6.92 Å². The molecule has 0 aliphatic carbocycles. The minimum Gasteiger partial charge on any atom is -0.459 e. The number of carbonyl (C=O) groups excluding carboxylic acids is 2. The van der Waals surface area contributed by atoms with Crippen molar-refractivity contribution in [1.82, 2.24) is 19.7 Å². The molecule has 0 saturated carbocycles. The molecule has 2 aromatic rings. The molecule has 0 bridgehead atoms. The Bertz CT molecular complexity index is 793. The summed E-state index contributed by atoms with van der Waals surface area (Å²) in [6, 6.07) is 2.94. The number of aromatic nitrogens is 4. The first-order valence-electron chi connectivity index (χ1n) is 7.10. The molecule has 9 nitrogen and oxygen atoms in total. The quantitative estimate of drug-likeness (QED) is 0.619. The lowest BCUT2D eigenvalue weighted by Crippen LogP contribution is -2.26. The minimum atomic E-state index is -0.998. The fourth-order valence-electron chi connectivity index (χ4n) is 1.89. The maximum absolute atomic E-state index is 11.8. The second-order valence-electron chi connectivity index (χ2n) is 4.67. The number of esters is 1. The fourth-order valence-corrected chi connectivity index (χ4v) is 1.89. The number of anilines is 1. The molecule has 0 atom stereocenters. The number of hydrogen-bond donors (Lipinski definition) is 2. The summed E-state index contributed by atoms with van der Waals surface area (Å²) in [5.41, 5.74) is 0.830. The first-order chi connectivity index (χ1) is 10.9. The van der Waals surface area contributed by atoms with E-state index < -0.39 is 11.9 Å². The molecule has 0 aromatic carbocycles. The van der Waals surface area contributed by atoms with Crippen molar-refractivity contribution >= 4 is 17.7 Å². The Balaban J connectivity index is 2.38. The van der Waals surface area contributed by atoms with E-state index >= 15 is 0 Å². The SMILES string of the molecule is CCOC(=O)C(=O)Nc1cc(C)nn1-c1nc(CC)cc(=O)[nH]1. The van der Waals surface area contributed by atoms with Gasteiger partial charge in [0.2, 0.25) is 5.95 Å². The van der Waals surface area contributed by atoms with Crippen molar-refractivity contribution in [3.05, 3.63) is 33.9 Å². The largest absolute Gasteiger partial charge is 0.459 e. The summed E-state index contributed by atoms with van der Waals surface area (Å²) in [5, 5.41) is 6.57. The number of nitrogens with zero attached hydrogens (tertiary/aromatic N) is 3. The molecule has 2 aromatic heterocycles. The molecule has 23 heavy (non-hydrogen) atoms. The van der Waals surface area contributed by atoms with E-state index in [1.54, 1.807) is 19.9 Å². The van der Waals surface area contributed by atoms with Crippen molar-refractivity contribution in [2.24, 2.45) is 0 Å². The summed E-state index contributed by atoms with van der Waals surface area (Å²) in [6.07, 6.45) is 0.571. The Morgan fingerprint density at radius 1 is 1.35 bits per heavy atom. The van der Waals surface area contributed by atoms with Gasteiger partial charge in [0.1, 0.15) is 5.82 Å². The Morgan fingerprint density at radius 2 is 2.09 bits per heavy atom. The molecule has 0 radical (unpaired) electrons. The summed E-state index contributed by atoms with van der Waals surface area (Å²) in [4.78, 5) is 41.7. The summed E-state index contributed by atoms with van der Waals surface area (Å²) >= 11 is 0. The number of ether oxygens (including phenoxy) is 1. The van der Waals surface area contributed by atoms with Crippen LogP contribution in [-0.2, 0) is 20.7 Å². The summed E-state index contributed by atoms with van der Waals surface area (Å²) in [5.74, 6) is -1.57. The molecular formula is C14H17N5O4. The molecule has 2 heterocycles. The van der Waals surface area contributed by atoms with Gasteiger partial charge in [0.15, 0.2) is 0 Å². The monoisotopic (exact) mass is 319 g/mol. The number of nitrogens with one attached hydrogen (secondary N) is 2. The molecule has 2 N–H and O–H groups in total. The Labute approximate surface area is 131 Å². The van der Waals surface area contributed by atoms with Gasteiger partial charge in [-0.15, -0.1) is 0 Å². The average Bonchev–Trinajstić information content (AvgIpc) is 2.87. The van der Waals surface area contributed by atoms with E-state index in [-0.39, 0.29) is 23.9 Å². The Kier molecular flexibility index (Phi) is 4.89. The van der Waals surface area contributed by atoms with Gasteiger partial charge in [-0.2, -0.15) is 9.78 Å². The molecule has 0 fully saturated rings. The van der Waals surface area contributed by atoms with Crippen LogP contribution in [0.5, 0.6) is 0 Å². The van der Waals surface area contributed by atoms with E-state index in [1.165, 1.54) is 10.7 Å². The lowest BCUT2D eigenvalue weighted by molar-refractivity contribution is -0.152. The summed E-state index contributed by atoms with van der Waals surface area (Å²) in [7, 11) is 0. The third-order valence-electron chi connectivity index (χ3n) is 2.88. The van der Waals surface area contributed by atoms with Crippen molar-refractivity contribution in [2.75, 3.05) is 11.9 Å². The second-order valence-corrected chi connectivity index (χ2v) is 4.67. The normalized spacial score (nSPS) is 10.4. The number of H-pyrrole nitrogens is 1. The molecule has 122 valence electrons. The topological polar surface area (TPSA) is 119 Å². The number of rotatable bonds is 4. The van der Waals surface area contributed by atoms with E-state index in [4.69, 9.17) is 0 Å². The molecule has 0 aliphatic rings. The number of hydrogen-bond acceptors (Lipinski definition) is 6. The van der Waals surface area contributed by atoms with Gasteiger partial charge in [0.05, 0.1) is 12.3 Å². The smallest absolute Gasteiger partial charge is 0.397 e. The van der Waals surface area contributed by atoms with Gasteiger partial charge in [0, 0.05) is 17.8 Å². The van der Waals surface area contributed by atoms with Crippen LogP contribution in [0.1, 0.15) is 25.2 Å². The first kappa shape index (κ1) is 16.4. The zero-order valence-electron chi connectivity index (χ0n) is 13.0. The van der Waals surface area contributed by atoms with Crippen LogP contribution in [0.4, 0.5) is 5.82 Å². The van der Waals surface area contributed by atoms with Gasteiger partial charge >= 0.3 is 11.9 Å². The van der Waals surface area contributed by atoms with Gasteiger partial charge < -0.3 is 10.1 Å². The van der Waals surface area contributed by atoms with E-state index in [2.05, 4.69) is 25.1 Å². The van der Waals surface area contributed by atoms with Gasteiger partial charge in [-0.3, -0.25) is 14.6 Å². The fraction of sp³-hybridized carbons (Fsp3) is 0.357. The predicted octanol–water partition coefficient (Wildman–Crippen LogP) is 0.328. The standard InChI is InChI=1S/C14H17N5O4/c1-4-9-7-11(20)17-14(15-9)19-10(6-8(3)18-19)16-12(21)13(22)23-5-2/h6-7H,4-5H2,1-3H3,(H,16,21)(H,15,17,20). The van der Waals surface area contributed by atoms with Crippen LogP contribution in [0.25, 0.3) is 5.95 Å². The third-order valence-corrected chi connectivity index (χ3v) is 2.88. The Hall–Kier alpha value is -2.97. The number of aryl methyl sites for hydroxylation is 2. The van der Waals surface area contributed by atoms with Crippen LogP contribution < -0.4 is 10.9 Å². The lowest BCUT2D eigenvalue weighted by atomic mass is 10.3. The van der Waals surface area contributed by atoms with Gasteiger partial charge in [-0.05, 0) is 20.3 Å². The van der Waals surface area contributed by atoms with Gasteiger partial charge in [-0.25, -0.2) is 9.78 Å². The number of aromatic amines is 1. The highest BCUT2D eigenvalue weighted by Gasteiger charge is 2.19. The van der Waals surface area contributed by atoms with Crippen LogP contribution in [-0.4, -0.2) is 38.2 Å². The zero-order valence-corrected chi connectivity index (χ0v) is 13.0. The van der Waals surface area contributed by atoms with Crippen LogP contribution in [0.15, 0.2) is 16.9 Å².